The Morgan fingerprint density at radius 3 is 2.79 bits per heavy atom. The van der Waals surface area contributed by atoms with E-state index in [0.717, 1.165) is 24.3 Å². The lowest BCUT2D eigenvalue weighted by Crippen LogP contribution is -2.34. The molecule has 0 heterocycles. The first-order valence-corrected chi connectivity index (χ1v) is 7.24. The molecule has 0 saturated carbocycles. The Kier molecular flexibility index (Phi) is 7.34. The molecule has 0 aromatic heterocycles. The van der Waals surface area contributed by atoms with Crippen molar-refractivity contribution in [1.29, 1.82) is 0 Å². The van der Waals surface area contributed by atoms with Crippen LogP contribution in [0.25, 0.3) is 0 Å². The molecule has 0 aliphatic heterocycles. The smallest absolute Gasteiger partial charge is 0.226 e. The summed E-state index contributed by atoms with van der Waals surface area (Å²) in [6.45, 7) is 5.85. The van der Waals surface area contributed by atoms with Crippen LogP contribution >= 0.6 is 11.6 Å². The monoisotopic (exact) mass is 283 g/mol. The molecule has 0 saturated heterocycles. The molecule has 0 aliphatic carbocycles. The Morgan fingerprint density at radius 1 is 1.37 bits per heavy atom. The van der Waals surface area contributed by atoms with Crippen LogP contribution in [0, 0.1) is 6.92 Å². The van der Waals surface area contributed by atoms with Crippen LogP contribution in [0.2, 0.25) is 0 Å². The maximum Gasteiger partial charge on any atom is 0.226 e. The van der Waals surface area contributed by atoms with Gasteiger partial charge >= 0.3 is 0 Å². The van der Waals surface area contributed by atoms with Crippen LogP contribution in [0.5, 0.6) is 5.75 Å². The van der Waals surface area contributed by atoms with Gasteiger partial charge in [-0.2, -0.15) is 0 Å². The molecule has 1 rings (SSSR count). The number of benzene rings is 1. The van der Waals surface area contributed by atoms with Gasteiger partial charge in [-0.3, -0.25) is 4.79 Å². The van der Waals surface area contributed by atoms with E-state index in [1.165, 1.54) is 0 Å². The number of hydrogen-bond donors (Lipinski definition) is 0. The van der Waals surface area contributed by atoms with Gasteiger partial charge in [0.15, 0.2) is 0 Å². The molecule has 4 heteroatoms. The van der Waals surface area contributed by atoms with E-state index in [1.807, 2.05) is 31.2 Å². The topological polar surface area (TPSA) is 29.5 Å². The predicted molar refractivity (Wildman–Crippen MR) is 78.9 cm³/mol. The normalized spacial score (nSPS) is 10.3. The molecule has 0 fully saturated rings. The van der Waals surface area contributed by atoms with Crippen molar-refractivity contribution in [3.8, 4) is 5.75 Å². The SMILES string of the molecule is CCCN(CCCl)C(=O)CCOc1cccc(C)c1. The minimum Gasteiger partial charge on any atom is -0.493 e. The molecule has 0 atom stereocenters. The molecule has 0 spiro atoms. The van der Waals surface area contributed by atoms with Gasteiger partial charge in [-0.25, -0.2) is 0 Å². The summed E-state index contributed by atoms with van der Waals surface area (Å²) in [4.78, 5) is 13.8. The quantitative estimate of drug-likeness (QED) is 0.686. The van der Waals surface area contributed by atoms with Crippen LogP contribution in [0.1, 0.15) is 25.3 Å². The van der Waals surface area contributed by atoms with Crippen molar-refractivity contribution in [3.05, 3.63) is 29.8 Å². The van der Waals surface area contributed by atoms with Crippen LogP contribution in [-0.4, -0.2) is 36.4 Å². The van der Waals surface area contributed by atoms with Gasteiger partial charge in [0.25, 0.3) is 0 Å². The van der Waals surface area contributed by atoms with Crippen molar-refractivity contribution < 1.29 is 9.53 Å². The molecule has 106 valence electrons. The number of alkyl halides is 1. The van der Waals surface area contributed by atoms with Crippen LogP contribution in [0.3, 0.4) is 0 Å². The Bertz CT molecular complexity index is 389. The predicted octanol–water partition coefficient (Wildman–Crippen LogP) is 3.24. The average Bonchev–Trinajstić information content (AvgIpc) is 2.38. The zero-order chi connectivity index (χ0) is 14.1. The van der Waals surface area contributed by atoms with Gasteiger partial charge in [0.2, 0.25) is 5.91 Å². The molecule has 0 radical (unpaired) electrons. The third kappa shape index (κ3) is 5.97. The highest BCUT2D eigenvalue weighted by molar-refractivity contribution is 6.18. The van der Waals surface area contributed by atoms with E-state index in [2.05, 4.69) is 6.92 Å². The van der Waals surface area contributed by atoms with Gasteiger partial charge < -0.3 is 9.64 Å². The number of hydrogen-bond acceptors (Lipinski definition) is 2. The van der Waals surface area contributed by atoms with Crippen LogP contribution in [-0.2, 0) is 4.79 Å². The number of ether oxygens (including phenoxy) is 1. The number of aryl methyl sites for hydroxylation is 1. The lowest BCUT2D eigenvalue weighted by atomic mass is 10.2. The molecule has 0 N–H and O–H groups in total. The van der Waals surface area contributed by atoms with Crippen LogP contribution in [0.15, 0.2) is 24.3 Å². The Hall–Kier alpha value is -1.22. The molecular formula is C15H22ClNO2. The van der Waals surface area contributed by atoms with Gasteiger partial charge in [-0.1, -0.05) is 19.1 Å². The van der Waals surface area contributed by atoms with Crippen molar-refractivity contribution in [1.82, 2.24) is 4.90 Å². The van der Waals surface area contributed by atoms with Gasteiger partial charge in [-0.05, 0) is 31.0 Å². The number of halogens is 1. The van der Waals surface area contributed by atoms with Crippen molar-refractivity contribution in [2.24, 2.45) is 0 Å². The fraction of sp³-hybridized carbons (Fsp3) is 0.533. The summed E-state index contributed by atoms with van der Waals surface area (Å²) < 4.78 is 5.58. The summed E-state index contributed by atoms with van der Waals surface area (Å²) in [5.74, 6) is 1.40. The maximum atomic E-state index is 12.0. The lowest BCUT2D eigenvalue weighted by molar-refractivity contribution is -0.131. The van der Waals surface area contributed by atoms with E-state index in [-0.39, 0.29) is 5.91 Å². The average molecular weight is 284 g/mol. The van der Waals surface area contributed by atoms with Crippen LogP contribution in [0.4, 0.5) is 0 Å². The van der Waals surface area contributed by atoms with E-state index in [4.69, 9.17) is 16.3 Å². The molecule has 0 aliphatic rings. The maximum absolute atomic E-state index is 12.0. The highest BCUT2D eigenvalue weighted by Crippen LogP contribution is 2.12. The van der Waals surface area contributed by atoms with Crippen LogP contribution < -0.4 is 4.74 Å². The summed E-state index contributed by atoms with van der Waals surface area (Å²) in [7, 11) is 0. The number of rotatable bonds is 8. The molecule has 1 aromatic rings. The molecular weight excluding hydrogens is 262 g/mol. The minimum absolute atomic E-state index is 0.107. The summed E-state index contributed by atoms with van der Waals surface area (Å²) >= 11 is 5.70. The minimum atomic E-state index is 0.107. The third-order valence-electron chi connectivity index (χ3n) is 2.77. The zero-order valence-electron chi connectivity index (χ0n) is 11.7. The molecule has 1 amide bonds. The van der Waals surface area contributed by atoms with E-state index in [0.29, 0.717) is 25.5 Å². The highest BCUT2D eigenvalue weighted by atomic mass is 35.5. The summed E-state index contributed by atoms with van der Waals surface area (Å²) in [5.41, 5.74) is 1.15. The fourth-order valence-electron chi connectivity index (χ4n) is 1.85. The van der Waals surface area contributed by atoms with Gasteiger partial charge in [0.05, 0.1) is 13.0 Å². The second kappa shape index (κ2) is 8.81. The zero-order valence-corrected chi connectivity index (χ0v) is 12.4. The second-order valence-electron chi connectivity index (χ2n) is 4.48. The molecule has 1 aromatic carbocycles. The summed E-state index contributed by atoms with van der Waals surface area (Å²) in [5, 5.41) is 0. The number of carbonyl (C=O) groups is 1. The Morgan fingerprint density at radius 2 is 2.16 bits per heavy atom. The highest BCUT2D eigenvalue weighted by Gasteiger charge is 2.11. The number of amides is 1. The van der Waals surface area contributed by atoms with E-state index < -0.39 is 0 Å². The third-order valence-corrected chi connectivity index (χ3v) is 2.94. The van der Waals surface area contributed by atoms with Crippen molar-refractivity contribution in [3.63, 3.8) is 0 Å². The van der Waals surface area contributed by atoms with Crippen molar-refractivity contribution in [2.75, 3.05) is 25.6 Å². The lowest BCUT2D eigenvalue weighted by Gasteiger charge is -2.21. The van der Waals surface area contributed by atoms with E-state index in [1.54, 1.807) is 4.90 Å². The Labute approximate surface area is 120 Å². The summed E-state index contributed by atoms with van der Waals surface area (Å²) in [6, 6.07) is 7.83. The first-order valence-electron chi connectivity index (χ1n) is 6.70. The van der Waals surface area contributed by atoms with Gasteiger partial charge in [0, 0.05) is 19.0 Å². The standard InChI is InChI=1S/C15H22ClNO2/c1-3-9-17(10-8-16)15(18)7-11-19-14-6-4-5-13(2)12-14/h4-6,12H,3,7-11H2,1-2H3. The first kappa shape index (κ1) is 15.8. The first-order chi connectivity index (χ1) is 9.17. The molecule has 3 nitrogen and oxygen atoms in total. The fourth-order valence-corrected chi connectivity index (χ4v) is 2.06. The van der Waals surface area contributed by atoms with E-state index >= 15 is 0 Å². The van der Waals surface area contributed by atoms with E-state index in [9.17, 15) is 4.79 Å². The van der Waals surface area contributed by atoms with Gasteiger partial charge in [-0.15, -0.1) is 11.6 Å². The van der Waals surface area contributed by atoms with Crippen molar-refractivity contribution >= 4 is 17.5 Å². The van der Waals surface area contributed by atoms with Gasteiger partial charge in [0.1, 0.15) is 5.75 Å². The Balaban J connectivity index is 2.36. The molecule has 0 bridgehead atoms. The second-order valence-corrected chi connectivity index (χ2v) is 4.86. The van der Waals surface area contributed by atoms with Crippen molar-refractivity contribution in [2.45, 2.75) is 26.7 Å². The number of nitrogens with zero attached hydrogens (tertiary/aromatic N) is 1. The number of carbonyl (C=O) groups excluding carboxylic acids is 1. The molecule has 0 unspecified atom stereocenters. The molecule has 19 heavy (non-hydrogen) atoms. The largest absolute Gasteiger partial charge is 0.493 e. The summed E-state index contributed by atoms with van der Waals surface area (Å²) in [6.07, 6.45) is 1.34.